The lowest BCUT2D eigenvalue weighted by Gasteiger charge is -2.15. The lowest BCUT2D eigenvalue weighted by atomic mass is 10.1. The van der Waals surface area contributed by atoms with E-state index in [-0.39, 0.29) is 0 Å². The van der Waals surface area contributed by atoms with Gasteiger partial charge in [0.1, 0.15) is 18.5 Å². The number of hydrogen-bond donors (Lipinski definition) is 1. The van der Waals surface area contributed by atoms with Crippen LogP contribution in [0.3, 0.4) is 0 Å². The standard InChI is InChI=1S/C31H26BrN3O2/c1-4-36-29-16-21(14-24(17-33)31-34-27-12-19(2)20(3)13-28(27)35-31)15-26(32)30(29)37-18-23-10-7-9-22-8-5-6-11-25(22)23/h5-16H,4,18H2,1-3H3,(H,34,35)/b24-14+. The molecule has 5 aromatic rings. The summed E-state index contributed by atoms with van der Waals surface area (Å²) in [5, 5.41) is 12.3. The van der Waals surface area contributed by atoms with Gasteiger partial charge in [0.25, 0.3) is 0 Å². The average molecular weight is 552 g/mol. The molecule has 184 valence electrons. The van der Waals surface area contributed by atoms with Crippen molar-refractivity contribution in [2.75, 3.05) is 6.61 Å². The zero-order valence-corrected chi connectivity index (χ0v) is 22.5. The van der Waals surface area contributed by atoms with Gasteiger partial charge in [-0.05, 0) is 100 Å². The molecular weight excluding hydrogens is 526 g/mol. The monoisotopic (exact) mass is 551 g/mol. The first-order valence-corrected chi connectivity index (χ1v) is 12.9. The smallest absolute Gasteiger partial charge is 0.175 e. The fourth-order valence-electron chi connectivity index (χ4n) is 4.36. The van der Waals surface area contributed by atoms with Crippen LogP contribution in [-0.2, 0) is 6.61 Å². The zero-order valence-electron chi connectivity index (χ0n) is 20.9. The highest BCUT2D eigenvalue weighted by Crippen LogP contribution is 2.39. The van der Waals surface area contributed by atoms with E-state index in [1.165, 1.54) is 10.9 Å². The van der Waals surface area contributed by atoms with E-state index in [9.17, 15) is 5.26 Å². The van der Waals surface area contributed by atoms with E-state index in [0.717, 1.165) is 37.6 Å². The summed E-state index contributed by atoms with van der Waals surface area (Å²) in [5.41, 5.74) is 6.42. The van der Waals surface area contributed by atoms with E-state index < -0.39 is 0 Å². The summed E-state index contributed by atoms with van der Waals surface area (Å²) >= 11 is 3.66. The van der Waals surface area contributed by atoms with Gasteiger partial charge in [0.2, 0.25) is 0 Å². The lowest BCUT2D eigenvalue weighted by Crippen LogP contribution is -2.01. The van der Waals surface area contributed by atoms with E-state index in [0.29, 0.717) is 36.1 Å². The van der Waals surface area contributed by atoms with Gasteiger partial charge >= 0.3 is 0 Å². The van der Waals surface area contributed by atoms with Gasteiger partial charge < -0.3 is 14.5 Å². The third-order valence-corrected chi connectivity index (χ3v) is 6.96. The molecule has 0 bridgehead atoms. The number of hydrogen-bond acceptors (Lipinski definition) is 4. The maximum atomic E-state index is 9.92. The van der Waals surface area contributed by atoms with Crippen LogP contribution in [0.5, 0.6) is 11.5 Å². The van der Waals surface area contributed by atoms with Gasteiger partial charge in [0, 0.05) is 0 Å². The molecule has 1 aromatic heterocycles. The van der Waals surface area contributed by atoms with E-state index in [1.54, 1.807) is 6.08 Å². The number of nitrogens with one attached hydrogen (secondary N) is 1. The summed E-state index contributed by atoms with van der Waals surface area (Å²) in [6.45, 7) is 6.94. The highest BCUT2D eigenvalue weighted by molar-refractivity contribution is 9.10. The Bertz CT molecular complexity index is 1650. The Labute approximate surface area is 224 Å². The van der Waals surface area contributed by atoms with Crippen molar-refractivity contribution in [2.45, 2.75) is 27.4 Å². The Kier molecular flexibility index (Phi) is 6.98. The van der Waals surface area contributed by atoms with Crippen molar-refractivity contribution >= 4 is 49.4 Å². The topological polar surface area (TPSA) is 70.9 Å². The van der Waals surface area contributed by atoms with Crippen LogP contribution in [0, 0.1) is 25.2 Å². The summed E-state index contributed by atoms with van der Waals surface area (Å²) in [7, 11) is 0. The quantitative estimate of drug-likeness (QED) is 0.207. The summed E-state index contributed by atoms with van der Waals surface area (Å²) in [6.07, 6.45) is 1.80. The van der Waals surface area contributed by atoms with Crippen molar-refractivity contribution in [2.24, 2.45) is 0 Å². The zero-order chi connectivity index (χ0) is 25.9. The van der Waals surface area contributed by atoms with Crippen molar-refractivity contribution in [1.29, 1.82) is 5.26 Å². The van der Waals surface area contributed by atoms with Gasteiger partial charge in [0.15, 0.2) is 11.5 Å². The van der Waals surface area contributed by atoms with E-state index in [2.05, 4.69) is 76.1 Å². The molecule has 37 heavy (non-hydrogen) atoms. The molecule has 0 saturated carbocycles. The van der Waals surface area contributed by atoms with Crippen LogP contribution in [0.2, 0.25) is 0 Å². The van der Waals surface area contributed by atoms with Gasteiger partial charge in [-0.2, -0.15) is 5.26 Å². The third kappa shape index (κ3) is 5.09. The van der Waals surface area contributed by atoms with Crippen molar-refractivity contribution in [1.82, 2.24) is 9.97 Å². The number of aryl methyl sites for hydroxylation is 2. The van der Waals surface area contributed by atoms with Crippen LogP contribution < -0.4 is 9.47 Å². The third-order valence-electron chi connectivity index (χ3n) is 6.37. The molecule has 1 N–H and O–H groups in total. The first-order valence-electron chi connectivity index (χ1n) is 12.1. The number of rotatable bonds is 7. The predicted molar refractivity (Wildman–Crippen MR) is 153 cm³/mol. The van der Waals surface area contributed by atoms with Gasteiger partial charge in [-0.3, -0.25) is 0 Å². The molecule has 0 radical (unpaired) electrons. The van der Waals surface area contributed by atoms with Crippen molar-refractivity contribution in [3.05, 3.63) is 99.3 Å². The van der Waals surface area contributed by atoms with Gasteiger partial charge in [-0.1, -0.05) is 42.5 Å². The number of nitrogens with zero attached hydrogens (tertiary/aromatic N) is 2. The molecule has 5 rings (SSSR count). The fraction of sp³-hybridized carbons (Fsp3) is 0.161. The van der Waals surface area contributed by atoms with Crippen molar-refractivity contribution in [3.8, 4) is 17.6 Å². The maximum absolute atomic E-state index is 9.92. The molecule has 5 nitrogen and oxygen atoms in total. The number of imidazole rings is 1. The van der Waals surface area contributed by atoms with Crippen LogP contribution in [-0.4, -0.2) is 16.6 Å². The van der Waals surface area contributed by atoms with E-state index in [4.69, 9.17) is 9.47 Å². The fourth-order valence-corrected chi connectivity index (χ4v) is 4.93. The second-order valence-corrected chi connectivity index (χ2v) is 9.75. The number of aromatic amines is 1. The largest absolute Gasteiger partial charge is 0.490 e. The van der Waals surface area contributed by atoms with E-state index >= 15 is 0 Å². The van der Waals surface area contributed by atoms with Crippen molar-refractivity contribution in [3.63, 3.8) is 0 Å². The van der Waals surface area contributed by atoms with Crippen LogP contribution in [0.15, 0.2) is 71.2 Å². The molecule has 0 unspecified atom stereocenters. The summed E-state index contributed by atoms with van der Waals surface area (Å²) in [5.74, 6) is 1.77. The minimum Gasteiger partial charge on any atom is -0.490 e. The molecule has 1 heterocycles. The summed E-state index contributed by atoms with van der Waals surface area (Å²) < 4.78 is 13.0. The molecule has 0 saturated heterocycles. The number of fused-ring (bicyclic) bond motifs is 2. The molecule has 0 aliphatic carbocycles. The van der Waals surface area contributed by atoms with Gasteiger partial charge in [-0.15, -0.1) is 0 Å². The number of H-pyrrole nitrogens is 1. The maximum Gasteiger partial charge on any atom is 0.175 e. The molecule has 0 amide bonds. The minimum absolute atomic E-state index is 0.399. The normalized spacial score (nSPS) is 11.6. The molecule has 0 fully saturated rings. The number of benzene rings is 4. The molecule has 0 atom stereocenters. The highest BCUT2D eigenvalue weighted by Gasteiger charge is 2.15. The minimum atomic E-state index is 0.399. The number of halogens is 1. The lowest BCUT2D eigenvalue weighted by molar-refractivity contribution is 0.268. The predicted octanol–water partition coefficient (Wildman–Crippen LogP) is 8.14. The summed E-state index contributed by atoms with van der Waals surface area (Å²) in [4.78, 5) is 7.94. The molecule has 4 aromatic carbocycles. The molecule has 0 spiro atoms. The molecule has 6 heteroatoms. The number of nitriles is 1. The Balaban J connectivity index is 1.47. The van der Waals surface area contributed by atoms with Gasteiger partial charge in [0.05, 0.1) is 27.7 Å². The van der Waals surface area contributed by atoms with Gasteiger partial charge in [-0.25, -0.2) is 4.98 Å². The number of aromatic nitrogens is 2. The summed E-state index contributed by atoms with van der Waals surface area (Å²) in [6, 6.07) is 24.7. The Morgan fingerprint density at radius 3 is 2.62 bits per heavy atom. The van der Waals surface area contributed by atoms with Crippen LogP contribution in [0.25, 0.3) is 33.5 Å². The van der Waals surface area contributed by atoms with E-state index in [1.807, 2.05) is 43.3 Å². The number of allylic oxidation sites excluding steroid dienone is 1. The highest BCUT2D eigenvalue weighted by atomic mass is 79.9. The Morgan fingerprint density at radius 1 is 1.03 bits per heavy atom. The first-order chi connectivity index (χ1) is 18.0. The molecular formula is C31H26BrN3O2. The van der Waals surface area contributed by atoms with Crippen molar-refractivity contribution < 1.29 is 9.47 Å². The number of ether oxygens (including phenoxy) is 2. The Morgan fingerprint density at radius 2 is 1.81 bits per heavy atom. The van der Waals surface area contributed by atoms with Crippen LogP contribution in [0.1, 0.15) is 35.0 Å². The van der Waals surface area contributed by atoms with Crippen LogP contribution in [0.4, 0.5) is 0 Å². The molecule has 0 aliphatic rings. The van der Waals surface area contributed by atoms with Crippen LogP contribution >= 0.6 is 15.9 Å². The second kappa shape index (κ2) is 10.5. The SMILES string of the molecule is CCOc1cc(/C=C(\C#N)c2nc3cc(C)c(C)cc3[nH]2)cc(Br)c1OCc1cccc2ccccc12. The average Bonchev–Trinajstić information content (AvgIpc) is 3.29. The first kappa shape index (κ1) is 24.6. The Hall–Kier alpha value is -4.08. The molecule has 0 aliphatic heterocycles. The second-order valence-electron chi connectivity index (χ2n) is 8.90.